The number of carbonyl (C=O) groups excluding carboxylic acids is 2. The molecule has 2 heterocycles. The second-order valence-electron chi connectivity index (χ2n) is 5.82. The normalized spacial score (nSPS) is 16.1. The zero-order chi connectivity index (χ0) is 19.2. The van der Waals surface area contributed by atoms with E-state index < -0.39 is 0 Å². The van der Waals surface area contributed by atoms with E-state index >= 15 is 0 Å². The maximum absolute atomic E-state index is 12.7. The molecule has 0 spiro atoms. The van der Waals surface area contributed by atoms with Gasteiger partial charge in [0.25, 0.3) is 5.91 Å². The minimum atomic E-state index is -0.362. The zero-order valence-corrected chi connectivity index (χ0v) is 15.9. The number of hydrogen-bond acceptors (Lipinski definition) is 7. The van der Waals surface area contributed by atoms with E-state index in [-0.39, 0.29) is 29.4 Å². The summed E-state index contributed by atoms with van der Waals surface area (Å²) >= 11 is 1.20. The maximum atomic E-state index is 12.7. The summed E-state index contributed by atoms with van der Waals surface area (Å²) in [7, 11) is 2.94. The summed E-state index contributed by atoms with van der Waals surface area (Å²) in [5.41, 5.74) is 1.72. The number of furan rings is 1. The number of nitrogens with zero attached hydrogens (tertiary/aromatic N) is 2. The average molecular weight is 388 g/mol. The second-order valence-corrected chi connectivity index (χ2v) is 6.80. The Morgan fingerprint density at radius 3 is 2.63 bits per heavy atom. The molecule has 142 valence electrons. The van der Waals surface area contributed by atoms with Crippen molar-refractivity contribution in [3.8, 4) is 5.75 Å². The van der Waals surface area contributed by atoms with Crippen molar-refractivity contribution in [2.45, 2.75) is 12.5 Å². The van der Waals surface area contributed by atoms with Gasteiger partial charge in [0, 0.05) is 6.42 Å². The first kappa shape index (κ1) is 19.0. The lowest BCUT2D eigenvalue weighted by Crippen LogP contribution is -2.28. The third-order valence-corrected chi connectivity index (χ3v) is 5.02. The van der Waals surface area contributed by atoms with Crippen LogP contribution in [0.1, 0.15) is 23.8 Å². The highest BCUT2D eigenvalue weighted by atomic mass is 32.2. The Labute approximate surface area is 161 Å². The standard InChI is InChI=1S/C19H20N2O5S/c1-24-14-7-5-13(6-8-14)15-10-16(17-4-3-9-26-17)21(20-15)18(22)11-27-12-19(23)25-2/h3-9,16H,10-12H2,1-2H3. The van der Waals surface area contributed by atoms with Gasteiger partial charge >= 0.3 is 5.97 Å². The van der Waals surface area contributed by atoms with Gasteiger partial charge in [-0.1, -0.05) is 0 Å². The zero-order valence-electron chi connectivity index (χ0n) is 15.1. The van der Waals surface area contributed by atoms with Crippen molar-refractivity contribution >= 4 is 29.4 Å². The van der Waals surface area contributed by atoms with Crippen LogP contribution in [0.3, 0.4) is 0 Å². The lowest BCUT2D eigenvalue weighted by atomic mass is 10.0. The lowest BCUT2D eigenvalue weighted by Gasteiger charge is -2.19. The topological polar surface area (TPSA) is 81.3 Å². The van der Waals surface area contributed by atoms with Crippen molar-refractivity contribution < 1.29 is 23.5 Å². The molecule has 0 saturated heterocycles. The smallest absolute Gasteiger partial charge is 0.315 e. The lowest BCUT2D eigenvalue weighted by molar-refractivity contribution is -0.137. The number of hydrazone groups is 1. The summed E-state index contributed by atoms with van der Waals surface area (Å²) in [5, 5.41) is 5.99. The van der Waals surface area contributed by atoms with Gasteiger partial charge in [-0.3, -0.25) is 9.59 Å². The average Bonchev–Trinajstić information content (AvgIpc) is 3.37. The molecule has 3 rings (SSSR count). The van der Waals surface area contributed by atoms with Crippen LogP contribution in [0.2, 0.25) is 0 Å². The molecule has 1 unspecified atom stereocenters. The van der Waals surface area contributed by atoms with Crippen LogP contribution in [0.25, 0.3) is 0 Å². The maximum Gasteiger partial charge on any atom is 0.315 e. The fraction of sp³-hybridized carbons (Fsp3) is 0.316. The number of amides is 1. The summed E-state index contributed by atoms with van der Waals surface area (Å²) in [5.74, 6) is 1.14. The first-order valence-corrected chi connectivity index (χ1v) is 9.49. The quantitative estimate of drug-likeness (QED) is 0.679. The van der Waals surface area contributed by atoms with E-state index in [1.54, 1.807) is 19.4 Å². The highest BCUT2D eigenvalue weighted by molar-refractivity contribution is 8.00. The van der Waals surface area contributed by atoms with Crippen LogP contribution in [0.5, 0.6) is 5.75 Å². The molecular weight excluding hydrogens is 368 g/mol. The largest absolute Gasteiger partial charge is 0.497 e. The Bertz CT molecular complexity index is 817. The summed E-state index contributed by atoms with van der Waals surface area (Å²) < 4.78 is 15.3. The molecular formula is C19H20N2O5S. The van der Waals surface area contributed by atoms with Gasteiger partial charge in [-0.25, -0.2) is 5.01 Å². The van der Waals surface area contributed by atoms with Gasteiger partial charge in [-0.15, -0.1) is 11.8 Å². The first-order valence-electron chi connectivity index (χ1n) is 8.34. The Balaban J connectivity index is 1.77. The monoisotopic (exact) mass is 388 g/mol. The van der Waals surface area contributed by atoms with Crippen molar-refractivity contribution in [3.05, 3.63) is 54.0 Å². The fourth-order valence-corrected chi connectivity index (χ4v) is 3.44. The van der Waals surface area contributed by atoms with E-state index in [0.717, 1.165) is 17.0 Å². The van der Waals surface area contributed by atoms with E-state index in [2.05, 4.69) is 9.84 Å². The fourth-order valence-electron chi connectivity index (χ4n) is 2.75. The van der Waals surface area contributed by atoms with Crippen LogP contribution >= 0.6 is 11.8 Å². The molecule has 8 heteroatoms. The first-order chi connectivity index (χ1) is 13.1. The minimum absolute atomic E-state index is 0.122. The van der Waals surface area contributed by atoms with Gasteiger partial charge in [0.15, 0.2) is 0 Å². The van der Waals surface area contributed by atoms with E-state index in [1.165, 1.54) is 23.9 Å². The number of rotatable bonds is 7. The number of carbonyl (C=O) groups is 2. The molecule has 0 bridgehead atoms. The third-order valence-electron chi connectivity index (χ3n) is 4.13. The number of esters is 1. The Morgan fingerprint density at radius 1 is 1.22 bits per heavy atom. The Morgan fingerprint density at radius 2 is 2.00 bits per heavy atom. The van der Waals surface area contributed by atoms with Crippen LogP contribution in [0.4, 0.5) is 0 Å². The molecule has 1 atom stereocenters. The third kappa shape index (κ3) is 4.51. The molecule has 1 aromatic carbocycles. The number of benzene rings is 1. The minimum Gasteiger partial charge on any atom is -0.497 e. The molecule has 0 N–H and O–H groups in total. The highest BCUT2D eigenvalue weighted by Gasteiger charge is 2.34. The van der Waals surface area contributed by atoms with Gasteiger partial charge in [0.2, 0.25) is 0 Å². The van der Waals surface area contributed by atoms with E-state index in [0.29, 0.717) is 12.2 Å². The van der Waals surface area contributed by atoms with Crippen molar-refractivity contribution in [3.63, 3.8) is 0 Å². The molecule has 1 aliphatic rings. The Hall–Kier alpha value is -2.74. The molecule has 0 fully saturated rings. The van der Waals surface area contributed by atoms with Crippen LogP contribution in [0.15, 0.2) is 52.2 Å². The molecule has 2 aromatic rings. The van der Waals surface area contributed by atoms with E-state index in [9.17, 15) is 9.59 Å². The molecule has 1 aliphatic heterocycles. The predicted molar refractivity (Wildman–Crippen MR) is 102 cm³/mol. The van der Waals surface area contributed by atoms with Gasteiger partial charge in [-0.2, -0.15) is 5.10 Å². The van der Waals surface area contributed by atoms with Crippen LogP contribution < -0.4 is 4.74 Å². The number of hydrogen-bond donors (Lipinski definition) is 0. The predicted octanol–water partition coefficient (Wildman–Crippen LogP) is 2.87. The molecule has 0 saturated carbocycles. The summed E-state index contributed by atoms with van der Waals surface area (Å²) in [6, 6.07) is 10.9. The van der Waals surface area contributed by atoms with Gasteiger partial charge < -0.3 is 13.9 Å². The van der Waals surface area contributed by atoms with Crippen LogP contribution in [-0.4, -0.2) is 48.3 Å². The van der Waals surface area contributed by atoms with E-state index in [1.807, 2.05) is 30.3 Å². The molecule has 0 radical (unpaired) electrons. The van der Waals surface area contributed by atoms with Crippen molar-refractivity contribution in [1.82, 2.24) is 5.01 Å². The van der Waals surface area contributed by atoms with Crippen LogP contribution in [0, 0.1) is 0 Å². The number of methoxy groups -OCH3 is 2. The second kappa shape index (κ2) is 8.77. The Kier molecular flexibility index (Phi) is 6.18. The summed E-state index contributed by atoms with van der Waals surface area (Å²) in [6.45, 7) is 0. The van der Waals surface area contributed by atoms with Crippen molar-refractivity contribution in [1.29, 1.82) is 0 Å². The molecule has 7 nitrogen and oxygen atoms in total. The summed E-state index contributed by atoms with van der Waals surface area (Å²) in [6.07, 6.45) is 2.13. The van der Waals surface area contributed by atoms with E-state index in [4.69, 9.17) is 9.15 Å². The van der Waals surface area contributed by atoms with Crippen molar-refractivity contribution in [2.24, 2.45) is 5.10 Å². The SMILES string of the molecule is COC(=O)CSCC(=O)N1N=C(c2ccc(OC)cc2)CC1c1ccco1. The molecule has 1 aromatic heterocycles. The van der Waals surface area contributed by atoms with Gasteiger partial charge in [0.05, 0.1) is 37.7 Å². The number of thioether (sulfide) groups is 1. The van der Waals surface area contributed by atoms with Gasteiger partial charge in [-0.05, 0) is 42.0 Å². The van der Waals surface area contributed by atoms with Crippen molar-refractivity contribution in [2.75, 3.05) is 25.7 Å². The highest BCUT2D eigenvalue weighted by Crippen LogP contribution is 2.33. The molecule has 0 aliphatic carbocycles. The van der Waals surface area contributed by atoms with Crippen LogP contribution in [-0.2, 0) is 14.3 Å². The summed E-state index contributed by atoms with van der Waals surface area (Å²) in [4.78, 5) is 23.9. The molecule has 1 amide bonds. The van der Waals surface area contributed by atoms with Gasteiger partial charge in [0.1, 0.15) is 17.6 Å². The molecule has 27 heavy (non-hydrogen) atoms. The number of ether oxygens (including phenoxy) is 2.